The van der Waals surface area contributed by atoms with Crippen LogP contribution in [0.5, 0.6) is 0 Å². The maximum Gasteiger partial charge on any atom is 0.326 e. The highest BCUT2D eigenvalue weighted by Gasteiger charge is 2.25. The molecule has 192 valence electrons. The molecule has 8 nitrogen and oxygen atoms in total. The minimum Gasteiger partial charge on any atom is -0.480 e. The molecule has 2 atom stereocenters. The summed E-state index contributed by atoms with van der Waals surface area (Å²) in [5.41, 5.74) is 2.65. The molecule has 0 aliphatic heterocycles. The Labute approximate surface area is 223 Å². The number of nitrogens with one attached hydrogen (secondary N) is 1. The zero-order valence-corrected chi connectivity index (χ0v) is 22.4. The predicted octanol–water partition coefficient (Wildman–Crippen LogP) is 3.73. The molecule has 37 heavy (non-hydrogen) atoms. The van der Waals surface area contributed by atoms with Gasteiger partial charge in [-0.1, -0.05) is 59.5 Å². The second kappa shape index (κ2) is 11.5. The van der Waals surface area contributed by atoms with Crippen LogP contribution < -0.4 is 10.6 Å². The van der Waals surface area contributed by atoms with Crippen LogP contribution in [0.3, 0.4) is 0 Å². The number of carbonyl (C=O) groups is 2. The fraction of sp³-hybridized carbons (Fsp3) is 0.120. The van der Waals surface area contributed by atoms with Gasteiger partial charge in [0.05, 0.1) is 20.5 Å². The molecule has 3 aromatic carbocycles. The van der Waals surface area contributed by atoms with Crippen LogP contribution >= 0.6 is 30.6 Å². The van der Waals surface area contributed by atoms with Crippen LogP contribution in [0.4, 0.5) is 0 Å². The molecule has 3 N–H and O–H groups in total. The molecular weight excluding hydrogens is 560 g/mol. The first-order valence-electron chi connectivity index (χ1n) is 10.5. The van der Waals surface area contributed by atoms with Gasteiger partial charge in [0.15, 0.2) is 9.84 Å². The van der Waals surface area contributed by atoms with Crippen LogP contribution in [-0.4, -0.2) is 42.6 Å². The molecule has 1 unspecified atom stereocenters. The molecular formula is C25H20Cl2NO7PS. The van der Waals surface area contributed by atoms with Gasteiger partial charge < -0.3 is 15.3 Å². The monoisotopic (exact) mass is 579 g/mol. The molecule has 0 aromatic heterocycles. The van der Waals surface area contributed by atoms with E-state index in [4.69, 9.17) is 23.2 Å². The maximum atomic E-state index is 12.9. The molecule has 0 saturated heterocycles. The Bertz CT molecular complexity index is 1560. The van der Waals surface area contributed by atoms with Crippen molar-refractivity contribution in [2.75, 3.05) is 6.26 Å². The number of hydrogen-bond donors (Lipinski definition) is 3. The minimum absolute atomic E-state index is 0.0166. The quantitative estimate of drug-likeness (QED) is 0.286. The van der Waals surface area contributed by atoms with Crippen molar-refractivity contribution in [2.24, 2.45) is 0 Å². The summed E-state index contributed by atoms with van der Waals surface area (Å²) < 4.78 is 36.1. The van der Waals surface area contributed by atoms with E-state index >= 15 is 0 Å². The van der Waals surface area contributed by atoms with Crippen LogP contribution in [0.25, 0.3) is 0 Å². The lowest BCUT2D eigenvalue weighted by molar-refractivity contribution is -0.139. The number of benzene rings is 3. The molecule has 0 heterocycles. The lowest BCUT2D eigenvalue weighted by Crippen LogP contribution is -2.42. The summed E-state index contributed by atoms with van der Waals surface area (Å²) in [6, 6.07) is 14.7. The third-order valence-corrected chi connectivity index (χ3v) is 8.22. The topological polar surface area (TPSA) is 138 Å². The Morgan fingerprint density at radius 3 is 2.22 bits per heavy atom. The summed E-state index contributed by atoms with van der Waals surface area (Å²) in [5, 5.41) is 11.8. The number of rotatable bonds is 7. The van der Waals surface area contributed by atoms with E-state index in [0.29, 0.717) is 5.56 Å². The molecule has 0 radical (unpaired) electrons. The van der Waals surface area contributed by atoms with E-state index in [1.54, 1.807) is 24.3 Å². The molecule has 0 saturated carbocycles. The summed E-state index contributed by atoms with van der Waals surface area (Å²) >= 11 is 12.5. The number of carbonyl (C=O) groups excluding carboxylic acids is 1. The summed E-state index contributed by atoms with van der Waals surface area (Å²) in [7, 11) is -7.49. The van der Waals surface area contributed by atoms with Gasteiger partial charge in [0.1, 0.15) is 6.04 Å². The van der Waals surface area contributed by atoms with Crippen molar-refractivity contribution in [3.63, 3.8) is 0 Å². The molecule has 12 heteroatoms. The Morgan fingerprint density at radius 2 is 1.65 bits per heavy atom. The van der Waals surface area contributed by atoms with Crippen LogP contribution in [0, 0.1) is 11.6 Å². The van der Waals surface area contributed by atoms with E-state index in [0.717, 1.165) is 6.26 Å². The van der Waals surface area contributed by atoms with Crippen LogP contribution in [0.2, 0.25) is 10.0 Å². The van der Waals surface area contributed by atoms with Gasteiger partial charge >= 0.3 is 13.3 Å². The van der Waals surface area contributed by atoms with Gasteiger partial charge in [-0.05, 0) is 47.6 Å². The molecule has 0 aliphatic rings. The third kappa shape index (κ3) is 7.45. The van der Waals surface area contributed by atoms with Crippen LogP contribution in [-0.2, 0) is 25.6 Å². The Morgan fingerprint density at radius 1 is 1.03 bits per heavy atom. The first-order chi connectivity index (χ1) is 17.3. The molecule has 0 bridgehead atoms. The van der Waals surface area contributed by atoms with Crippen molar-refractivity contribution in [3.8, 4) is 11.6 Å². The minimum atomic E-state index is -3.98. The van der Waals surface area contributed by atoms with Gasteiger partial charge in [-0.15, -0.1) is 0 Å². The number of sulfone groups is 1. The number of hydrogen-bond acceptors (Lipinski definition) is 5. The first-order valence-corrected chi connectivity index (χ1v) is 14.8. The third-order valence-electron chi connectivity index (χ3n) is 5.10. The molecule has 1 amide bonds. The van der Waals surface area contributed by atoms with E-state index < -0.39 is 35.1 Å². The highest BCUT2D eigenvalue weighted by molar-refractivity contribution is 7.90. The van der Waals surface area contributed by atoms with Gasteiger partial charge in [-0.2, -0.15) is 0 Å². The Balaban J connectivity index is 1.83. The zero-order valence-electron chi connectivity index (χ0n) is 19.2. The lowest BCUT2D eigenvalue weighted by atomic mass is 10.0. The van der Waals surface area contributed by atoms with Crippen LogP contribution in [0.1, 0.15) is 21.5 Å². The molecule has 0 aliphatic carbocycles. The number of amides is 1. The number of carboxylic acid groups (broad SMARTS) is 1. The molecule has 3 aromatic rings. The van der Waals surface area contributed by atoms with Gasteiger partial charge in [0, 0.05) is 23.5 Å². The zero-order chi connectivity index (χ0) is 27.4. The van der Waals surface area contributed by atoms with Gasteiger partial charge in [-0.25, -0.2) is 13.2 Å². The highest BCUT2D eigenvalue weighted by atomic mass is 35.5. The smallest absolute Gasteiger partial charge is 0.326 e. The van der Waals surface area contributed by atoms with Crippen molar-refractivity contribution < 1.29 is 32.6 Å². The molecule has 3 rings (SSSR count). The number of carboxylic acids is 1. The molecule has 0 spiro atoms. The summed E-state index contributed by atoms with van der Waals surface area (Å²) in [4.78, 5) is 34.9. The fourth-order valence-electron chi connectivity index (χ4n) is 3.27. The largest absolute Gasteiger partial charge is 0.480 e. The normalized spacial score (nSPS) is 13.5. The van der Waals surface area contributed by atoms with Gasteiger partial charge in [0.25, 0.3) is 5.91 Å². The molecule has 0 fully saturated rings. The van der Waals surface area contributed by atoms with Crippen molar-refractivity contribution in [1.82, 2.24) is 5.32 Å². The first kappa shape index (κ1) is 28.5. The second-order valence-corrected chi connectivity index (χ2v) is 12.7. The van der Waals surface area contributed by atoms with Crippen LogP contribution in [0.15, 0.2) is 71.6 Å². The summed E-state index contributed by atoms with van der Waals surface area (Å²) in [6.07, 6.45) is 0.829. The van der Waals surface area contributed by atoms with Gasteiger partial charge in [-0.3, -0.25) is 9.36 Å². The van der Waals surface area contributed by atoms with Crippen molar-refractivity contribution in [1.29, 1.82) is 0 Å². The number of aliphatic carboxylic acids is 1. The van der Waals surface area contributed by atoms with E-state index in [9.17, 15) is 32.6 Å². The standard InChI is InChI=1S/C25H20Cl2NO7PS/c1-37(34,35)19-9-5-6-16(12-19)15-22(25(30)31)28-24(29)23-20(26)13-17(14-21(23)27)10-11-36(32,33)18-7-3-2-4-8-18/h2-9,12-14,22H,15H2,1H3,(H,28,29)(H,30,31)(H,32,33)/t22-/m0/s1. The summed E-state index contributed by atoms with van der Waals surface area (Å²) in [5.74, 6) is 0.303. The lowest BCUT2D eigenvalue weighted by Gasteiger charge is -2.16. The van der Waals surface area contributed by atoms with E-state index in [2.05, 4.69) is 16.9 Å². The van der Waals surface area contributed by atoms with Crippen molar-refractivity contribution >= 4 is 57.6 Å². The fourth-order valence-corrected chi connectivity index (χ4v) is 5.60. The predicted molar refractivity (Wildman–Crippen MR) is 141 cm³/mol. The number of halogens is 2. The van der Waals surface area contributed by atoms with E-state index in [-0.39, 0.29) is 37.8 Å². The average molecular weight is 580 g/mol. The SMILES string of the molecule is CS(=O)(=O)c1cccc(C[C@H](NC(=O)c2c(Cl)cc(C#CP(=O)(O)c3ccccc3)cc2Cl)C(=O)O)c1. The van der Waals surface area contributed by atoms with Crippen molar-refractivity contribution in [3.05, 3.63) is 93.5 Å². The van der Waals surface area contributed by atoms with Crippen molar-refractivity contribution in [2.45, 2.75) is 17.4 Å². The highest BCUT2D eigenvalue weighted by Crippen LogP contribution is 2.37. The van der Waals surface area contributed by atoms with Gasteiger partial charge in [0.2, 0.25) is 0 Å². The van der Waals surface area contributed by atoms with E-state index in [1.807, 2.05) is 0 Å². The van der Waals surface area contributed by atoms with E-state index in [1.165, 1.54) is 42.5 Å². The second-order valence-electron chi connectivity index (χ2n) is 7.95. The Kier molecular flexibility index (Phi) is 8.85. The summed E-state index contributed by atoms with van der Waals surface area (Å²) in [6.45, 7) is 0. The average Bonchev–Trinajstić information content (AvgIpc) is 2.82. The Hall–Kier alpha value is -3.12. The maximum absolute atomic E-state index is 12.9.